The number of halogens is 1. The van der Waals surface area contributed by atoms with Crippen molar-refractivity contribution in [1.29, 1.82) is 0 Å². The van der Waals surface area contributed by atoms with Gasteiger partial charge in [-0.05, 0) is 18.2 Å². The summed E-state index contributed by atoms with van der Waals surface area (Å²) in [4.78, 5) is 32.3. The van der Waals surface area contributed by atoms with Gasteiger partial charge in [0.05, 0.1) is 12.8 Å². The van der Waals surface area contributed by atoms with Gasteiger partial charge in [-0.2, -0.15) is 0 Å². The van der Waals surface area contributed by atoms with Crippen molar-refractivity contribution in [1.82, 2.24) is 9.97 Å². The molecule has 0 radical (unpaired) electrons. The van der Waals surface area contributed by atoms with Gasteiger partial charge >= 0.3 is 0 Å². The molecule has 0 fully saturated rings. The molecular weight excluding hydrogens is 337 g/mol. The number of hydrogen-bond acceptors (Lipinski definition) is 5. The molecule has 3 rings (SSSR count). The lowest BCUT2D eigenvalue weighted by molar-refractivity contribution is -0.112. The molecule has 0 spiro atoms. The first-order valence-corrected chi connectivity index (χ1v) is 7.65. The van der Waals surface area contributed by atoms with Gasteiger partial charge in [0.2, 0.25) is 0 Å². The first-order chi connectivity index (χ1) is 12.6. The van der Waals surface area contributed by atoms with Crippen molar-refractivity contribution in [3.63, 3.8) is 0 Å². The third kappa shape index (κ3) is 3.72. The minimum Gasteiger partial charge on any atom is -0.494 e. The summed E-state index contributed by atoms with van der Waals surface area (Å²) < 4.78 is 18.5. The molecule has 0 aliphatic rings. The van der Waals surface area contributed by atoms with Crippen LogP contribution in [0.25, 0.3) is 11.3 Å². The summed E-state index contributed by atoms with van der Waals surface area (Å²) in [5.41, 5.74) is 1.30. The highest BCUT2D eigenvalue weighted by molar-refractivity contribution is 6.46. The number of Topliss-reactive ketones (excluding diaryl/α,β-unsaturated/α-hetero) is 1. The molecule has 0 aliphatic carbocycles. The molecule has 1 heterocycles. The summed E-state index contributed by atoms with van der Waals surface area (Å²) in [6.45, 7) is 0. The number of hydrogen-bond donors (Lipinski definition) is 1. The van der Waals surface area contributed by atoms with Gasteiger partial charge in [0.25, 0.3) is 11.7 Å². The first-order valence-electron chi connectivity index (χ1n) is 7.65. The van der Waals surface area contributed by atoms with Crippen LogP contribution in [0.3, 0.4) is 0 Å². The van der Waals surface area contributed by atoms with E-state index in [0.717, 1.165) is 0 Å². The van der Waals surface area contributed by atoms with E-state index in [4.69, 9.17) is 4.74 Å². The van der Waals surface area contributed by atoms with Crippen LogP contribution in [0.4, 0.5) is 10.2 Å². The van der Waals surface area contributed by atoms with E-state index in [1.165, 1.54) is 37.7 Å². The lowest BCUT2D eigenvalue weighted by Crippen LogP contribution is -2.23. The molecule has 1 amide bonds. The fraction of sp³-hybridized carbons (Fsp3) is 0.0526. The molecule has 7 heteroatoms. The molecule has 6 nitrogen and oxygen atoms in total. The van der Waals surface area contributed by atoms with Gasteiger partial charge < -0.3 is 10.1 Å². The van der Waals surface area contributed by atoms with Crippen LogP contribution in [0, 0.1) is 5.82 Å². The van der Waals surface area contributed by atoms with Crippen LogP contribution in [-0.2, 0) is 4.79 Å². The highest BCUT2D eigenvalue weighted by atomic mass is 19.1. The quantitative estimate of drug-likeness (QED) is 0.564. The Morgan fingerprint density at radius 2 is 1.81 bits per heavy atom. The summed E-state index contributed by atoms with van der Waals surface area (Å²) in [6.07, 6.45) is 1.24. The van der Waals surface area contributed by atoms with E-state index < -0.39 is 17.5 Å². The molecule has 0 bridgehead atoms. The van der Waals surface area contributed by atoms with Crippen LogP contribution in [0.1, 0.15) is 10.4 Å². The molecule has 130 valence electrons. The summed E-state index contributed by atoms with van der Waals surface area (Å²) in [5.74, 6) is -1.74. The zero-order valence-corrected chi connectivity index (χ0v) is 13.8. The van der Waals surface area contributed by atoms with E-state index >= 15 is 0 Å². The molecule has 0 aliphatic heterocycles. The molecule has 2 aromatic carbocycles. The monoisotopic (exact) mass is 351 g/mol. The van der Waals surface area contributed by atoms with Crippen molar-refractivity contribution >= 4 is 17.5 Å². The number of rotatable bonds is 5. The normalized spacial score (nSPS) is 10.2. The van der Waals surface area contributed by atoms with Crippen LogP contribution < -0.4 is 10.1 Å². The lowest BCUT2D eigenvalue weighted by atomic mass is 10.1. The van der Waals surface area contributed by atoms with Gasteiger partial charge in [0.15, 0.2) is 11.6 Å². The minimum absolute atomic E-state index is 0.0750. The molecule has 0 atom stereocenters. The molecule has 1 N–H and O–H groups in total. The second-order valence-electron chi connectivity index (χ2n) is 5.29. The van der Waals surface area contributed by atoms with E-state index in [-0.39, 0.29) is 17.1 Å². The zero-order chi connectivity index (χ0) is 18.5. The van der Waals surface area contributed by atoms with Crippen LogP contribution in [0.5, 0.6) is 5.75 Å². The predicted molar refractivity (Wildman–Crippen MR) is 93.4 cm³/mol. The molecule has 26 heavy (non-hydrogen) atoms. The maximum atomic E-state index is 13.5. The second-order valence-corrected chi connectivity index (χ2v) is 5.29. The number of aromatic nitrogens is 2. The first kappa shape index (κ1) is 17.2. The summed E-state index contributed by atoms with van der Waals surface area (Å²) in [6, 6.07) is 14.0. The van der Waals surface area contributed by atoms with Crippen molar-refractivity contribution in [2.45, 2.75) is 0 Å². The number of methoxy groups -OCH3 is 1. The molecule has 0 saturated carbocycles. The molecule has 1 aromatic heterocycles. The largest absolute Gasteiger partial charge is 0.494 e. The van der Waals surface area contributed by atoms with Crippen molar-refractivity contribution in [3.8, 4) is 17.0 Å². The fourth-order valence-corrected chi connectivity index (χ4v) is 2.30. The minimum atomic E-state index is -0.808. The smallest absolute Gasteiger partial charge is 0.297 e. The third-order valence-corrected chi connectivity index (χ3v) is 3.60. The lowest BCUT2D eigenvalue weighted by Gasteiger charge is -2.07. The van der Waals surface area contributed by atoms with Gasteiger partial charge in [-0.25, -0.2) is 14.4 Å². The molecular formula is C19H14FN3O3. The SMILES string of the molecule is COc1cc(-c2cc(NC(=O)C(=O)c3ccccc3)ncn2)ccc1F. The highest BCUT2D eigenvalue weighted by Crippen LogP contribution is 2.25. The molecule has 3 aromatic rings. The average molecular weight is 351 g/mol. The van der Waals surface area contributed by atoms with Crippen LogP contribution in [0.2, 0.25) is 0 Å². The van der Waals surface area contributed by atoms with Crippen molar-refractivity contribution in [3.05, 3.63) is 72.3 Å². The van der Waals surface area contributed by atoms with E-state index in [9.17, 15) is 14.0 Å². The number of ketones is 1. The Bertz CT molecular complexity index is 961. The number of nitrogens with zero attached hydrogens (tertiary/aromatic N) is 2. The van der Waals surface area contributed by atoms with Crippen LogP contribution in [0.15, 0.2) is 60.9 Å². The van der Waals surface area contributed by atoms with E-state index in [1.54, 1.807) is 30.3 Å². The average Bonchev–Trinajstić information content (AvgIpc) is 2.68. The van der Waals surface area contributed by atoms with Crippen LogP contribution in [-0.4, -0.2) is 28.8 Å². The molecule has 0 saturated heterocycles. The zero-order valence-electron chi connectivity index (χ0n) is 13.8. The summed E-state index contributed by atoms with van der Waals surface area (Å²) in [7, 11) is 1.36. The van der Waals surface area contributed by atoms with Crippen molar-refractivity contribution < 1.29 is 18.7 Å². The Morgan fingerprint density at radius 3 is 2.54 bits per heavy atom. The number of benzene rings is 2. The summed E-state index contributed by atoms with van der Waals surface area (Å²) in [5, 5.41) is 2.45. The number of carbonyl (C=O) groups excluding carboxylic acids is 2. The Hall–Kier alpha value is -3.61. The Labute approximate surface area is 148 Å². The van der Waals surface area contributed by atoms with E-state index in [2.05, 4.69) is 15.3 Å². The van der Waals surface area contributed by atoms with Crippen molar-refractivity contribution in [2.24, 2.45) is 0 Å². The number of nitrogens with one attached hydrogen (secondary N) is 1. The second kappa shape index (κ2) is 7.52. The van der Waals surface area contributed by atoms with Gasteiger partial charge in [-0.15, -0.1) is 0 Å². The van der Waals surface area contributed by atoms with Gasteiger partial charge in [-0.1, -0.05) is 30.3 Å². The summed E-state index contributed by atoms with van der Waals surface area (Å²) >= 11 is 0. The highest BCUT2D eigenvalue weighted by Gasteiger charge is 2.17. The standard InChI is InChI=1S/C19H14FN3O3/c1-26-16-9-13(7-8-14(16)20)15-10-17(22-11-21-15)23-19(25)18(24)12-5-3-2-4-6-12/h2-11H,1H3,(H,21,22,23,25). The Morgan fingerprint density at radius 1 is 1.04 bits per heavy atom. The number of ether oxygens (including phenoxy) is 1. The van der Waals surface area contributed by atoms with Gasteiger partial charge in [0.1, 0.15) is 12.1 Å². The fourth-order valence-electron chi connectivity index (χ4n) is 2.30. The molecule has 0 unspecified atom stereocenters. The third-order valence-electron chi connectivity index (χ3n) is 3.60. The number of carbonyl (C=O) groups is 2. The number of anilines is 1. The predicted octanol–water partition coefficient (Wildman–Crippen LogP) is 3.11. The maximum Gasteiger partial charge on any atom is 0.297 e. The van der Waals surface area contributed by atoms with E-state index in [0.29, 0.717) is 11.3 Å². The van der Waals surface area contributed by atoms with Crippen molar-refractivity contribution in [2.75, 3.05) is 12.4 Å². The Kier molecular flexibility index (Phi) is 4.98. The maximum absolute atomic E-state index is 13.5. The van der Waals surface area contributed by atoms with Gasteiger partial charge in [-0.3, -0.25) is 9.59 Å². The number of amides is 1. The van der Waals surface area contributed by atoms with Gasteiger partial charge in [0, 0.05) is 17.2 Å². The van der Waals surface area contributed by atoms with E-state index in [1.807, 2.05) is 0 Å². The topological polar surface area (TPSA) is 81.2 Å². The van der Waals surface area contributed by atoms with Crippen LogP contribution >= 0.6 is 0 Å². The Balaban J connectivity index is 1.81.